The molecule has 0 aliphatic heterocycles. The molecule has 13 heavy (non-hydrogen) atoms. The highest BCUT2D eigenvalue weighted by molar-refractivity contribution is 7.99. The first kappa shape index (κ1) is 9.98. The number of benzene rings is 1. The van der Waals surface area contributed by atoms with Crippen LogP contribution in [0.4, 0.5) is 10.1 Å². The van der Waals surface area contributed by atoms with E-state index in [9.17, 15) is 14.5 Å². The Morgan fingerprint density at radius 1 is 1.62 bits per heavy atom. The van der Waals surface area contributed by atoms with Gasteiger partial charge in [-0.2, -0.15) is 4.39 Å². The second-order valence-electron chi connectivity index (χ2n) is 2.28. The molecule has 0 N–H and O–H groups in total. The molecule has 0 radical (unpaired) electrons. The first-order valence-corrected chi connectivity index (χ1v) is 4.71. The summed E-state index contributed by atoms with van der Waals surface area (Å²) in [6.45, 7) is 1.86. The molecule has 1 aromatic carbocycles. The third kappa shape index (κ3) is 2.18. The molecule has 0 bridgehead atoms. The predicted octanol–water partition coefficient (Wildman–Crippen LogP) is 2.85. The molecule has 0 aliphatic carbocycles. The van der Waals surface area contributed by atoms with Gasteiger partial charge < -0.3 is 0 Å². The summed E-state index contributed by atoms with van der Waals surface area (Å²) in [5.74, 6) is -0.0898. The van der Waals surface area contributed by atoms with Gasteiger partial charge >= 0.3 is 5.69 Å². The van der Waals surface area contributed by atoms with Crippen molar-refractivity contribution < 1.29 is 9.31 Å². The van der Waals surface area contributed by atoms with Crippen LogP contribution in [-0.2, 0) is 0 Å². The molecular weight excluding hydrogens is 193 g/mol. The second kappa shape index (κ2) is 4.23. The average molecular weight is 201 g/mol. The molecule has 0 atom stereocenters. The molecule has 1 rings (SSSR count). The summed E-state index contributed by atoms with van der Waals surface area (Å²) >= 11 is 1.26. The van der Waals surface area contributed by atoms with Gasteiger partial charge in [0.1, 0.15) is 0 Å². The van der Waals surface area contributed by atoms with Crippen molar-refractivity contribution in [1.29, 1.82) is 0 Å². The number of nitro groups is 1. The smallest absolute Gasteiger partial charge is 0.258 e. The van der Waals surface area contributed by atoms with Crippen LogP contribution >= 0.6 is 11.8 Å². The first-order chi connectivity index (χ1) is 6.16. The van der Waals surface area contributed by atoms with Gasteiger partial charge in [0.25, 0.3) is 0 Å². The molecule has 0 spiro atoms. The third-order valence-corrected chi connectivity index (χ3v) is 2.36. The zero-order valence-electron chi connectivity index (χ0n) is 6.99. The number of para-hydroxylation sites is 1. The molecule has 5 heteroatoms. The van der Waals surface area contributed by atoms with Crippen molar-refractivity contribution in [3.8, 4) is 0 Å². The Hall–Kier alpha value is -1.10. The number of hydrogen-bond donors (Lipinski definition) is 0. The maximum Gasteiger partial charge on any atom is 0.318 e. The van der Waals surface area contributed by atoms with E-state index in [-0.39, 0.29) is 0 Å². The van der Waals surface area contributed by atoms with Crippen molar-refractivity contribution in [3.05, 3.63) is 34.1 Å². The van der Waals surface area contributed by atoms with Crippen molar-refractivity contribution in [2.45, 2.75) is 11.8 Å². The van der Waals surface area contributed by atoms with E-state index >= 15 is 0 Å². The minimum Gasteiger partial charge on any atom is -0.258 e. The van der Waals surface area contributed by atoms with Gasteiger partial charge in [0, 0.05) is 0 Å². The van der Waals surface area contributed by atoms with E-state index in [1.807, 2.05) is 6.92 Å². The topological polar surface area (TPSA) is 43.1 Å². The van der Waals surface area contributed by atoms with Gasteiger partial charge in [0.15, 0.2) is 0 Å². The summed E-state index contributed by atoms with van der Waals surface area (Å²) in [6.07, 6.45) is 0. The zero-order valence-corrected chi connectivity index (χ0v) is 7.81. The highest BCUT2D eigenvalue weighted by Crippen LogP contribution is 2.30. The molecule has 0 unspecified atom stereocenters. The lowest BCUT2D eigenvalue weighted by atomic mass is 10.3. The Morgan fingerprint density at radius 3 is 2.85 bits per heavy atom. The van der Waals surface area contributed by atoms with Gasteiger partial charge in [-0.15, -0.1) is 11.8 Å². The lowest BCUT2D eigenvalue weighted by molar-refractivity contribution is -0.390. The molecule has 0 aromatic heterocycles. The summed E-state index contributed by atoms with van der Waals surface area (Å²) in [4.78, 5) is 10.2. The van der Waals surface area contributed by atoms with Crippen LogP contribution in [0.2, 0.25) is 0 Å². The molecular formula is C8H8FNO2S. The van der Waals surface area contributed by atoms with Gasteiger partial charge in [0.05, 0.1) is 9.82 Å². The first-order valence-electron chi connectivity index (χ1n) is 3.72. The normalized spacial score (nSPS) is 10.0. The van der Waals surface area contributed by atoms with Crippen molar-refractivity contribution in [2.75, 3.05) is 5.75 Å². The highest BCUT2D eigenvalue weighted by Gasteiger charge is 2.18. The van der Waals surface area contributed by atoms with Gasteiger partial charge in [-0.1, -0.05) is 13.0 Å². The molecule has 1 aromatic rings. The minimum atomic E-state index is -0.775. The lowest BCUT2D eigenvalue weighted by Gasteiger charge is -2.00. The van der Waals surface area contributed by atoms with Crippen LogP contribution in [0.25, 0.3) is 0 Å². The van der Waals surface area contributed by atoms with Crippen LogP contribution in [0.15, 0.2) is 23.1 Å². The quantitative estimate of drug-likeness (QED) is 0.429. The predicted molar refractivity (Wildman–Crippen MR) is 49.5 cm³/mol. The van der Waals surface area contributed by atoms with E-state index in [4.69, 9.17) is 0 Å². The van der Waals surface area contributed by atoms with Crippen molar-refractivity contribution >= 4 is 17.4 Å². The summed E-state index contributed by atoms with van der Waals surface area (Å²) in [5, 5.41) is 10.5. The van der Waals surface area contributed by atoms with E-state index in [1.165, 1.54) is 17.8 Å². The lowest BCUT2D eigenvalue weighted by Crippen LogP contribution is -1.94. The van der Waals surface area contributed by atoms with E-state index in [1.54, 1.807) is 6.07 Å². The monoisotopic (exact) mass is 201 g/mol. The fraction of sp³-hybridized carbons (Fsp3) is 0.250. The van der Waals surface area contributed by atoms with Crippen LogP contribution in [0, 0.1) is 15.9 Å². The number of hydrogen-bond acceptors (Lipinski definition) is 3. The summed E-state index contributed by atoms with van der Waals surface area (Å²) in [7, 11) is 0. The van der Waals surface area contributed by atoms with E-state index in [0.717, 1.165) is 6.07 Å². The molecule has 0 saturated heterocycles. The van der Waals surface area contributed by atoms with E-state index in [2.05, 4.69) is 0 Å². The number of rotatable bonds is 3. The average Bonchev–Trinajstić information content (AvgIpc) is 2.04. The Morgan fingerprint density at radius 2 is 2.31 bits per heavy atom. The van der Waals surface area contributed by atoms with Crippen LogP contribution in [-0.4, -0.2) is 10.7 Å². The van der Waals surface area contributed by atoms with Crippen molar-refractivity contribution in [2.24, 2.45) is 0 Å². The Balaban J connectivity index is 3.17. The third-order valence-electron chi connectivity index (χ3n) is 1.43. The minimum absolute atomic E-state index is 0.382. The molecule has 0 aliphatic rings. The summed E-state index contributed by atoms with van der Waals surface area (Å²) in [5.41, 5.74) is -0.422. The fourth-order valence-corrected chi connectivity index (χ4v) is 1.74. The SMILES string of the molecule is CCSc1cccc(F)c1[N+](=O)[O-]. The zero-order chi connectivity index (χ0) is 9.84. The van der Waals surface area contributed by atoms with Crippen LogP contribution < -0.4 is 0 Å². The highest BCUT2D eigenvalue weighted by atomic mass is 32.2. The molecule has 70 valence electrons. The van der Waals surface area contributed by atoms with Gasteiger partial charge in [-0.25, -0.2) is 0 Å². The molecule has 3 nitrogen and oxygen atoms in total. The molecule has 0 saturated carbocycles. The standard InChI is InChI=1S/C8H8FNO2S/c1-2-13-7-5-3-4-6(9)8(7)10(11)12/h3-5H,2H2,1H3. The Kier molecular flexibility index (Phi) is 3.25. The largest absolute Gasteiger partial charge is 0.318 e. The Bertz CT molecular complexity index is 330. The van der Waals surface area contributed by atoms with Crippen molar-refractivity contribution in [3.63, 3.8) is 0 Å². The maximum atomic E-state index is 13.0. The van der Waals surface area contributed by atoms with Crippen LogP contribution in [0.3, 0.4) is 0 Å². The number of thioether (sulfide) groups is 1. The number of nitrogens with zero attached hydrogens (tertiary/aromatic N) is 1. The fourth-order valence-electron chi connectivity index (χ4n) is 0.945. The molecule has 0 fully saturated rings. The van der Waals surface area contributed by atoms with Crippen LogP contribution in [0.5, 0.6) is 0 Å². The van der Waals surface area contributed by atoms with Crippen LogP contribution in [0.1, 0.15) is 6.92 Å². The van der Waals surface area contributed by atoms with E-state index < -0.39 is 16.4 Å². The summed E-state index contributed by atoms with van der Waals surface area (Å²) < 4.78 is 13.0. The van der Waals surface area contributed by atoms with E-state index in [0.29, 0.717) is 10.6 Å². The summed E-state index contributed by atoms with van der Waals surface area (Å²) in [6, 6.07) is 4.12. The van der Waals surface area contributed by atoms with Gasteiger partial charge in [-0.05, 0) is 17.9 Å². The van der Waals surface area contributed by atoms with Crippen molar-refractivity contribution in [1.82, 2.24) is 0 Å². The second-order valence-corrected chi connectivity index (χ2v) is 3.58. The number of nitro benzene ring substituents is 1. The molecule has 0 amide bonds. The van der Waals surface area contributed by atoms with Gasteiger partial charge in [0.2, 0.25) is 5.82 Å². The molecule has 0 heterocycles. The number of halogens is 1. The maximum absolute atomic E-state index is 13.0. The Labute approximate surface area is 79.1 Å². The van der Waals surface area contributed by atoms with Gasteiger partial charge in [-0.3, -0.25) is 10.1 Å².